The number of nitrogens with one attached hydrogen (secondary N) is 2. The van der Waals surface area contributed by atoms with Gasteiger partial charge in [0.15, 0.2) is 5.13 Å². The summed E-state index contributed by atoms with van der Waals surface area (Å²) in [5.41, 5.74) is 2.39. The topological polar surface area (TPSA) is 54.0 Å². The lowest BCUT2D eigenvalue weighted by Crippen LogP contribution is -2.24. The van der Waals surface area contributed by atoms with Crippen LogP contribution in [0.3, 0.4) is 0 Å². The van der Waals surface area contributed by atoms with Crippen LogP contribution in [-0.2, 0) is 4.79 Å². The van der Waals surface area contributed by atoms with Gasteiger partial charge in [0.25, 0.3) is 0 Å². The summed E-state index contributed by atoms with van der Waals surface area (Å²) in [6.07, 6.45) is 2.73. The van der Waals surface area contributed by atoms with E-state index in [-0.39, 0.29) is 11.8 Å². The minimum atomic E-state index is 0.0701. The summed E-state index contributed by atoms with van der Waals surface area (Å²) in [7, 11) is 0. The van der Waals surface area contributed by atoms with Crippen LogP contribution in [0.25, 0.3) is 10.4 Å². The number of thiazole rings is 1. The smallest absolute Gasteiger partial charge is 0.230 e. The maximum Gasteiger partial charge on any atom is 0.230 e. The Morgan fingerprint density at radius 2 is 2.30 bits per heavy atom. The molecule has 0 saturated carbocycles. The molecule has 1 fully saturated rings. The van der Waals surface area contributed by atoms with Crippen molar-refractivity contribution in [1.82, 2.24) is 10.3 Å². The van der Waals surface area contributed by atoms with Crippen molar-refractivity contribution in [1.29, 1.82) is 0 Å². The number of amides is 1. The Kier molecular flexibility index (Phi) is 3.80. The molecule has 1 aromatic heterocycles. The predicted octanol–water partition coefficient (Wildman–Crippen LogP) is 2.67. The van der Waals surface area contributed by atoms with Gasteiger partial charge in [-0.15, -0.1) is 0 Å². The van der Waals surface area contributed by atoms with E-state index >= 15 is 0 Å². The molecule has 2 N–H and O–H groups in total. The van der Waals surface area contributed by atoms with Crippen molar-refractivity contribution < 1.29 is 4.79 Å². The second-order valence-electron chi connectivity index (χ2n) is 5.02. The second-order valence-corrected chi connectivity index (χ2v) is 6.05. The normalized spacial score (nSPS) is 18.1. The van der Waals surface area contributed by atoms with Gasteiger partial charge in [0, 0.05) is 12.7 Å². The monoisotopic (exact) mass is 287 g/mol. The van der Waals surface area contributed by atoms with Gasteiger partial charge in [0.1, 0.15) is 0 Å². The molecule has 1 aromatic carbocycles. The van der Waals surface area contributed by atoms with Crippen LogP contribution in [0.4, 0.5) is 5.13 Å². The molecule has 104 valence electrons. The molecule has 1 saturated heterocycles. The second kappa shape index (κ2) is 5.73. The molecule has 1 aliphatic rings. The molecule has 5 heteroatoms. The Hall–Kier alpha value is -1.72. The zero-order valence-corrected chi connectivity index (χ0v) is 12.2. The van der Waals surface area contributed by atoms with E-state index in [9.17, 15) is 4.79 Å². The van der Waals surface area contributed by atoms with E-state index in [0.717, 1.165) is 24.4 Å². The Morgan fingerprint density at radius 1 is 1.45 bits per heavy atom. The SMILES string of the molecule is Cc1ccccc1-c1cnc(NC(=O)C2CCNC2)s1. The fourth-order valence-corrected chi connectivity index (χ4v) is 3.30. The van der Waals surface area contributed by atoms with Crippen LogP contribution in [0.15, 0.2) is 30.5 Å². The van der Waals surface area contributed by atoms with Crippen LogP contribution in [0.2, 0.25) is 0 Å². The molecule has 0 bridgehead atoms. The number of aromatic nitrogens is 1. The van der Waals surface area contributed by atoms with E-state index in [0.29, 0.717) is 5.13 Å². The highest BCUT2D eigenvalue weighted by molar-refractivity contribution is 7.19. The summed E-state index contributed by atoms with van der Waals surface area (Å²) in [6, 6.07) is 8.20. The fourth-order valence-electron chi connectivity index (χ4n) is 2.39. The molecule has 2 heterocycles. The lowest BCUT2D eigenvalue weighted by Gasteiger charge is -2.06. The number of nitrogens with zero attached hydrogens (tertiary/aromatic N) is 1. The van der Waals surface area contributed by atoms with E-state index in [4.69, 9.17) is 0 Å². The standard InChI is InChI=1S/C15H17N3OS/c1-10-4-2-3-5-12(10)13-9-17-15(20-13)18-14(19)11-6-7-16-8-11/h2-5,9,11,16H,6-8H2,1H3,(H,17,18,19). The van der Waals surface area contributed by atoms with Crippen molar-refractivity contribution in [3.8, 4) is 10.4 Å². The first-order chi connectivity index (χ1) is 9.74. The first-order valence-corrected chi connectivity index (χ1v) is 7.59. The van der Waals surface area contributed by atoms with Gasteiger partial charge < -0.3 is 10.6 Å². The van der Waals surface area contributed by atoms with Crippen molar-refractivity contribution >= 4 is 22.4 Å². The molecule has 0 spiro atoms. The molecule has 1 unspecified atom stereocenters. The first kappa shape index (κ1) is 13.3. The van der Waals surface area contributed by atoms with E-state index in [1.54, 1.807) is 0 Å². The average Bonchev–Trinajstić information content (AvgIpc) is 3.10. The summed E-state index contributed by atoms with van der Waals surface area (Å²) in [5, 5.41) is 6.80. The quantitative estimate of drug-likeness (QED) is 0.912. The van der Waals surface area contributed by atoms with Gasteiger partial charge in [-0.2, -0.15) is 0 Å². The van der Waals surface area contributed by atoms with Gasteiger partial charge in [0.05, 0.1) is 10.8 Å². The number of carbonyl (C=O) groups excluding carboxylic acids is 1. The molecule has 1 amide bonds. The third-order valence-electron chi connectivity index (χ3n) is 3.58. The zero-order chi connectivity index (χ0) is 13.9. The predicted molar refractivity (Wildman–Crippen MR) is 81.9 cm³/mol. The largest absolute Gasteiger partial charge is 0.316 e. The molecule has 4 nitrogen and oxygen atoms in total. The summed E-state index contributed by atoms with van der Waals surface area (Å²) in [6.45, 7) is 3.77. The maximum absolute atomic E-state index is 12.0. The van der Waals surface area contributed by atoms with Gasteiger partial charge in [-0.25, -0.2) is 4.98 Å². The maximum atomic E-state index is 12.0. The summed E-state index contributed by atoms with van der Waals surface area (Å²) >= 11 is 1.52. The third kappa shape index (κ3) is 2.73. The molecule has 1 aliphatic heterocycles. The van der Waals surface area contributed by atoms with Gasteiger partial charge in [-0.3, -0.25) is 4.79 Å². The molecular formula is C15H17N3OS. The summed E-state index contributed by atoms with van der Waals surface area (Å²) < 4.78 is 0. The van der Waals surface area contributed by atoms with Crippen LogP contribution in [0.1, 0.15) is 12.0 Å². The Morgan fingerprint density at radius 3 is 3.05 bits per heavy atom. The highest BCUT2D eigenvalue weighted by Crippen LogP contribution is 2.31. The number of carbonyl (C=O) groups is 1. The third-order valence-corrected chi connectivity index (χ3v) is 4.52. The van der Waals surface area contributed by atoms with E-state index in [1.807, 2.05) is 18.3 Å². The van der Waals surface area contributed by atoms with Gasteiger partial charge in [-0.05, 0) is 31.0 Å². The van der Waals surface area contributed by atoms with Crippen LogP contribution in [0.5, 0.6) is 0 Å². The Labute approximate surface area is 122 Å². The van der Waals surface area contributed by atoms with Gasteiger partial charge in [-0.1, -0.05) is 35.6 Å². The number of benzene rings is 1. The van der Waals surface area contributed by atoms with E-state index < -0.39 is 0 Å². The number of anilines is 1. The molecule has 20 heavy (non-hydrogen) atoms. The molecule has 1 atom stereocenters. The molecule has 2 aromatic rings. The summed E-state index contributed by atoms with van der Waals surface area (Å²) in [5.74, 6) is 0.140. The van der Waals surface area contributed by atoms with Crippen LogP contribution in [-0.4, -0.2) is 24.0 Å². The van der Waals surface area contributed by atoms with Crippen molar-refractivity contribution in [2.45, 2.75) is 13.3 Å². The number of hydrogen-bond donors (Lipinski definition) is 2. The first-order valence-electron chi connectivity index (χ1n) is 6.77. The lowest BCUT2D eigenvalue weighted by atomic mass is 10.1. The fraction of sp³-hybridized carbons (Fsp3) is 0.333. The van der Waals surface area contributed by atoms with Crippen LogP contribution >= 0.6 is 11.3 Å². The molecule has 0 radical (unpaired) electrons. The van der Waals surface area contributed by atoms with E-state index in [1.165, 1.54) is 22.5 Å². The summed E-state index contributed by atoms with van der Waals surface area (Å²) in [4.78, 5) is 17.4. The minimum absolute atomic E-state index is 0.0701. The van der Waals surface area contributed by atoms with Crippen molar-refractivity contribution in [3.05, 3.63) is 36.0 Å². The van der Waals surface area contributed by atoms with Crippen molar-refractivity contribution in [3.63, 3.8) is 0 Å². The average molecular weight is 287 g/mol. The zero-order valence-electron chi connectivity index (χ0n) is 11.3. The molecule has 3 rings (SSSR count). The highest BCUT2D eigenvalue weighted by atomic mass is 32.1. The highest BCUT2D eigenvalue weighted by Gasteiger charge is 2.23. The minimum Gasteiger partial charge on any atom is -0.316 e. The van der Waals surface area contributed by atoms with Gasteiger partial charge in [0.2, 0.25) is 5.91 Å². The van der Waals surface area contributed by atoms with Gasteiger partial charge >= 0.3 is 0 Å². The molecule has 0 aliphatic carbocycles. The van der Waals surface area contributed by atoms with Crippen molar-refractivity contribution in [2.75, 3.05) is 18.4 Å². The number of rotatable bonds is 3. The number of aryl methyl sites for hydroxylation is 1. The lowest BCUT2D eigenvalue weighted by molar-refractivity contribution is -0.119. The number of hydrogen-bond acceptors (Lipinski definition) is 4. The molecular weight excluding hydrogens is 270 g/mol. The van der Waals surface area contributed by atoms with Crippen LogP contribution < -0.4 is 10.6 Å². The Bertz CT molecular complexity index is 617. The Balaban J connectivity index is 1.74. The van der Waals surface area contributed by atoms with Crippen LogP contribution in [0, 0.1) is 12.8 Å². The van der Waals surface area contributed by atoms with E-state index in [2.05, 4.69) is 34.7 Å². The van der Waals surface area contributed by atoms with Crippen molar-refractivity contribution in [2.24, 2.45) is 5.92 Å².